The van der Waals surface area contributed by atoms with Crippen LogP contribution in [-0.2, 0) is 16.4 Å². The highest BCUT2D eigenvalue weighted by Gasteiger charge is 2.13. The van der Waals surface area contributed by atoms with Crippen LogP contribution >= 0.6 is 0 Å². The largest absolute Gasteiger partial charge is 0.338 e. The Labute approximate surface area is 204 Å². The number of carbonyl (C=O) groups is 1. The molecule has 180 valence electrons. The second-order valence-corrected chi connectivity index (χ2v) is 9.75. The summed E-state index contributed by atoms with van der Waals surface area (Å²) in [6.45, 7) is 2.49. The number of nitrogens with one attached hydrogen (secondary N) is 2. The molecule has 0 spiro atoms. The van der Waals surface area contributed by atoms with Crippen molar-refractivity contribution in [2.45, 2.75) is 24.7 Å². The smallest absolute Gasteiger partial charge is 0.319 e. The molecule has 0 aliphatic heterocycles. The van der Waals surface area contributed by atoms with Gasteiger partial charge in [-0.1, -0.05) is 48.0 Å². The molecule has 4 N–H and O–H groups in total. The topological polar surface area (TPSA) is 119 Å². The fourth-order valence-electron chi connectivity index (χ4n) is 3.62. The third-order valence-corrected chi connectivity index (χ3v) is 6.37. The number of sulfonamides is 1. The number of anilines is 1. The van der Waals surface area contributed by atoms with E-state index >= 15 is 0 Å². The molecular formula is C26H27N5O3S. The standard InChI is InChI=1S/C26H27N5O3S/c1-19-9-11-21(12-10-19)29-26(32)28-17-5-8-22-18-25(20-6-3-2-4-7-20)31(30-22)23-13-15-24(16-14-23)35(27,33)34/h2-4,6-7,9-16,18H,5,8,17H2,1H3,(H2,27,33,34)(H2,28,29,32). The van der Waals surface area contributed by atoms with Crippen LogP contribution < -0.4 is 15.8 Å². The molecule has 1 heterocycles. The van der Waals surface area contributed by atoms with Crippen molar-refractivity contribution in [3.05, 3.63) is 96.2 Å². The minimum atomic E-state index is -3.77. The van der Waals surface area contributed by atoms with Crippen LogP contribution in [0.2, 0.25) is 0 Å². The first kappa shape index (κ1) is 24.2. The van der Waals surface area contributed by atoms with Crippen LogP contribution in [0.5, 0.6) is 0 Å². The molecule has 0 aliphatic carbocycles. The van der Waals surface area contributed by atoms with E-state index < -0.39 is 10.0 Å². The summed E-state index contributed by atoms with van der Waals surface area (Å²) >= 11 is 0. The fraction of sp³-hybridized carbons (Fsp3) is 0.154. The molecule has 3 aromatic carbocycles. The summed E-state index contributed by atoms with van der Waals surface area (Å²) in [5.74, 6) is 0. The minimum Gasteiger partial charge on any atom is -0.338 e. The maximum Gasteiger partial charge on any atom is 0.319 e. The molecular weight excluding hydrogens is 462 g/mol. The Hall–Kier alpha value is -3.95. The van der Waals surface area contributed by atoms with Crippen molar-refractivity contribution in [3.63, 3.8) is 0 Å². The van der Waals surface area contributed by atoms with Gasteiger partial charge in [0.15, 0.2) is 0 Å². The maximum absolute atomic E-state index is 12.1. The second-order valence-electron chi connectivity index (χ2n) is 8.19. The first-order chi connectivity index (χ1) is 16.8. The minimum absolute atomic E-state index is 0.0462. The number of carbonyl (C=O) groups excluding carboxylic acids is 1. The first-order valence-corrected chi connectivity index (χ1v) is 12.7. The van der Waals surface area contributed by atoms with Gasteiger partial charge in [0.05, 0.1) is 22.0 Å². The molecule has 0 fully saturated rings. The van der Waals surface area contributed by atoms with E-state index in [2.05, 4.69) is 10.6 Å². The molecule has 0 radical (unpaired) electrons. The number of primary sulfonamides is 1. The average Bonchev–Trinajstić information content (AvgIpc) is 3.28. The summed E-state index contributed by atoms with van der Waals surface area (Å²) in [6, 6.07) is 25.5. The highest BCUT2D eigenvalue weighted by atomic mass is 32.2. The van der Waals surface area contributed by atoms with Crippen molar-refractivity contribution in [2.24, 2.45) is 5.14 Å². The lowest BCUT2D eigenvalue weighted by Crippen LogP contribution is -2.29. The van der Waals surface area contributed by atoms with E-state index in [4.69, 9.17) is 10.2 Å². The Morgan fingerprint density at radius 1 is 0.971 bits per heavy atom. The van der Waals surface area contributed by atoms with E-state index in [0.717, 1.165) is 33.9 Å². The van der Waals surface area contributed by atoms with Crippen LogP contribution in [0.15, 0.2) is 89.8 Å². The molecule has 2 amide bonds. The molecule has 4 rings (SSSR count). The predicted molar refractivity (Wildman–Crippen MR) is 137 cm³/mol. The predicted octanol–water partition coefficient (Wildman–Crippen LogP) is 4.25. The van der Waals surface area contributed by atoms with Crippen molar-refractivity contribution in [1.82, 2.24) is 15.1 Å². The van der Waals surface area contributed by atoms with Gasteiger partial charge in [0.1, 0.15) is 0 Å². The number of rotatable bonds is 8. The molecule has 1 aromatic heterocycles. The van der Waals surface area contributed by atoms with Gasteiger partial charge in [-0.05, 0) is 62.2 Å². The van der Waals surface area contributed by atoms with Crippen molar-refractivity contribution in [2.75, 3.05) is 11.9 Å². The zero-order valence-electron chi connectivity index (χ0n) is 19.3. The highest BCUT2D eigenvalue weighted by Crippen LogP contribution is 2.25. The van der Waals surface area contributed by atoms with Gasteiger partial charge in [0.2, 0.25) is 10.0 Å². The van der Waals surface area contributed by atoms with E-state index in [1.807, 2.05) is 67.6 Å². The molecule has 0 bridgehead atoms. The summed E-state index contributed by atoms with van der Waals surface area (Å²) in [6.07, 6.45) is 1.36. The Balaban J connectivity index is 1.44. The third kappa shape index (κ3) is 6.34. The van der Waals surface area contributed by atoms with Crippen molar-refractivity contribution in [1.29, 1.82) is 0 Å². The van der Waals surface area contributed by atoms with Gasteiger partial charge in [-0.3, -0.25) is 0 Å². The number of amides is 2. The van der Waals surface area contributed by atoms with Crippen LogP contribution in [0.25, 0.3) is 16.9 Å². The van der Waals surface area contributed by atoms with Gasteiger partial charge >= 0.3 is 6.03 Å². The van der Waals surface area contributed by atoms with Crippen molar-refractivity contribution >= 4 is 21.7 Å². The van der Waals surface area contributed by atoms with E-state index in [-0.39, 0.29) is 10.9 Å². The summed E-state index contributed by atoms with van der Waals surface area (Å²) in [4.78, 5) is 12.2. The number of aryl methyl sites for hydroxylation is 2. The molecule has 35 heavy (non-hydrogen) atoms. The summed E-state index contributed by atoms with van der Waals surface area (Å²) in [7, 11) is -3.77. The lowest BCUT2D eigenvalue weighted by molar-refractivity contribution is 0.252. The summed E-state index contributed by atoms with van der Waals surface area (Å²) in [5, 5.41) is 15.7. The van der Waals surface area contributed by atoms with E-state index in [1.165, 1.54) is 12.1 Å². The average molecular weight is 490 g/mol. The van der Waals surface area contributed by atoms with Crippen LogP contribution in [0.3, 0.4) is 0 Å². The van der Waals surface area contributed by atoms with Gasteiger partial charge in [-0.15, -0.1) is 0 Å². The molecule has 8 nitrogen and oxygen atoms in total. The number of nitrogens with two attached hydrogens (primary N) is 1. The normalized spacial score (nSPS) is 11.3. The van der Waals surface area contributed by atoms with Crippen molar-refractivity contribution in [3.8, 4) is 16.9 Å². The molecule has 0 saturated carbocycles. The Bertz CT molecular complexity index is 1400. The Kier molecular flexibility index (Phi) is 7.28. The molecule has 4 aromatic rings. The zero-order chi connectivity index (χ0) is 24.8. The van der Waals surface area contributed by atoms with Crippen LogP contribution in [0, 0.1) is 6.92 Å². The van der Waals surface area contributed by atoms with Gasteiger partial charge < -0.3 is 10.6 Å². The maximum atomic E-state index is 12.1. The van der Waals surface area contributed by atoms with Gasteiger partial charge in [0.25, 0.3) is 0 Å². The molecule has 9 heteroatoms. The lowest BCUT2D eigenvalue weighted by Gasteiger charge is -2.08. The van der Waals surface area contributed by atoms with Gasteiger partial charge in [0, 0.05) is 17.8 Å². The van der Waals surface area contributed by atoms with Crippen LogP contribution in [0.1, 0.15) is 17.7 Å². The zero-order valence-corrected chi connectivity index (χ0v) is 20.1. The third-order valence-electron chi connectivity index (χ3n) is 5.44. The molecule has 0 unspecified atom stereocenters. The Morgan fingerprint density at radius 3 is 2.31 bits per heavy atom. The number of hydrogen-bond acceptors (Lipinski definition) is 4. The number of benzene rings is 3. The van der Waals surface area contributed by atoms with E-state index in [0.29, 0.717) is 19.4 Å². The Morgan fingerprint density at radius 2 is 1.66 bits per heavy atom. The number of aromatic nitrogens is 2. The SMILES string of the molecule is Cc1ccc(NC(=O)NCCCc2cc(-c3ccccc3)n(-c3ccc(S(N)(=O)=O)cc3)n2)cc1. The van der Waals surface area contributed by atoms with Gasteiger partial charge in [-0.25, -0.2) is 23.0 Å². The number of hydrogen-bond donors (Lipinski definition) is 3. The highest BCUT2D eigenvalue weighted by molar-refractivity contribution is 7.89. The van der Waals surface area contributed by atoms with Crippen LogP contribution in [-0.4, -0.2) is 30.8 Å². The van der Waals surface area contributed by atoms with Gasteiger partial charge in [-0.2, -0.15) is 5.10 Å². The lowest BCUT2D eigenvalue weighted by atomic mass is 10.1. The molecule has 0 saturated heterocycles. The van der Waals surface area contributed by atoms with Crippen LogP contribution in [0.4, 0.5) is 10.5 Å². The number of urea groups is 1. The molecule has 0 atom stereocenters. The molecule has 0 aliphatic rings. The summed E-state index contributed by atoms with van der Waals surface area (Å²) in [5.41, 5.74) is 5.32. The quantitative estimate of drug-likeness (QED) is 0.321. The van der Waals surface area contributed by atoms with E-state index in [9.17, 15) is 13.2 Å². The van der Waals surface area contributed by atoms with E-state index in [1.54, 1.807) is 16.8 Å². The fourth-order valence-corrected chi connectivity index (χ4v) is 4.14. The van der Waals surface area contributed by atoms with Crippen molar-refractivity contribution < 1.29 is 13.2 Å². The monoisotopic (exact) mass is 489 g/mol. The second kappa shape index (κ2) is 10.5. The summed E-state index contributed by atoms with van der Waals surface area (Å²) < 4.78 is 25.0. The first-order valence-electron chi connectivity index (χ1n) is 11.2. The number of nitrogens with zero attached hydrogens (tertiary/aromatic N) is 2.